The van der Waals surface area contributed by atoms with Crippen molar-refractivity contribution >= 4 is 0 Å². The fourth-order valence-corrected chi connectivity index (χ4v) is 2.08. The van der Waals surface area contributed by atoms with Gasteiger partial charge < -0.3 is 9.84 Å². The molecule has 1 fully saturated rings. The first-order valence-electron chi connectivity index (χ1n) is 5.69. The van der Waals surface area contributed by atoms with E-state index in [4.69, 9.17) is 10.3 Å². The van der Waals surface area contributed by atoms with Crippen molar-refractivity contribution in [3.05, 3.63) is 46.3 Å². The summed E-state index contributed by atoms with van der Waals surface area (Å²) in [6.45, 7) is 0.478. The summed E-state index contributed by atoms with van der Waals surface area (Å²) in [4.78, 5) is 2.73. The Hall–Kier alpha value is -1.55. The second-order valence-corrected chi connectivity index (χ2v) is 4.18. The van der Waals surface area contributed by atoms with Crippen LogP contribution in [-0.2, 0) is 11.3 Å². The van der Waals surface area contributed by atoms with Crippen LogP contribution in [0.5, 0.6) is 0 Å². The summed E-state index contributed by atoms with van der Waals surface area (Å²) < 4.78 is 5.64. The van der Waals surface area contributed by atoms with Gasteiger partial charge in [0.25, 0.3) is 0 Å². The molecule has 1 N–H and O–H groups in total. The number of azide groups is 1. The first-order valence-corrected chi connectivity index (χ1v) is 5.69. The van der Waals surface area contributed by atoms with Gasteiger partial charge in [-0.2, -0.15) is 0 Å². The number of aliphatic hydroxyl groups is 1. The lowest BCUT2D eigenvalue weighted by Gasteiger charge is -2.17. The van der Waals surface area contributed by atoms with Gasteiger partial charge >= 0.3 is 0 Å². The predicted octanol–water partition coefficient (Wildman–Crippen LogP) is 2.41. The number of hydrogen-bond donors (Lipinski definition) is 1. The zero-order chi connectivity index (χ0) is 12.1. The van der Waals surface area contributed by atoms with Gasteiger partial charge in [-0.05, 0) is 23.9 Å². The molecule has 0 bridgehead atoms. The minimum Gasteiger partial charge on any atom is -0.390 e. The molecule has 90 valence electrons. The maximum absolute atomic E-state index is 9.87. The SMILES string of the molecule is [N-]=[N+]=N[C@H]1CC[C@H](OCc2ccccc2)[C@H]1O. The van der Waals surface area contributed by atoms with Crippen LogP contribution in [-0.4, -0.2) is 23.4 Å². The summed E-state index contributed by atoms with van der Waals surface area (Å²) >= 11 is 0. The van der Waals surface area contributed by atoms with E-state index in [0.717, 1.165) is 12.0 Å². The smallest absolute Gasteiger partial charge is 0.0886 e. The van der Waals surface area contributed by atoms with Gasteiger partial charge in [0.2, 0.25) is 0 Å². The zero-order valence-electron chi connectivity index (χ0n) is 9.44. The Morgan fingerprint density at radius 1 is 1.35 bits per heavy atom. The molecule has 0 aromatic heterocycles. The van der Waals surface area contributed by atoms with Crippen LogP contribution in [0.4, 0.5) is 0 Å². The van der Waals surface area contributed by atoms with Crippen LogP contribution in [0.2, 0.25) is 0 Å². The van der Waals surface area contributed by atoms with Gasteiger partial charge in [-0.15, -0.1) is 0 Å². The molecular formula is C12H15N3O2. The molecule has 17 heavy (non-hydrogen) atoms. The molecule has 0 spiro atoms. The van der Waals surface area contributed by atoms with Crippen molar-refractivity contribution in [2.24, 2.45) is 5.11 Å². The molecule has 1 aliphatic rings. The van der Waals surface area contributed by atoms with Crippen LogP contribution in [0.15, 0.2) is 35.4 Å². The van der Waals surface area contributed by atoms with E-state index >= 15 is 0 Å². The second-order valence-electron chi connectivity index (χ2n) is 4.18. The highest BCUT2D eigenvalue weighted by molar-refractivity contribution is 5.13. The van der Waals surface area contributed by atoms with Crippen molar-refractivity contribution in [2.45, 2.75) is 37.7 Å². The standard InChI is InChI=1S/C12H15N3O2/c13-15-14-10-6-7-11(12(10)16)17-8-9-4-2-1-3-5-9/h1-5,10-12,16H,6-8H2/t10-,11-,12-/m0/s1. The second kappa shape index (κ2) is 5.68. The van der Waals surface area contributed by atoms with Gasteiger partial charge in [0.1, 0.15) is 0 Å². The van der Waals surface area contributed by atoms with Crippen molar-refractivity contribution in [3.63, 3.8) is 0 Å². The van der Waals surface area contributed by atoms with Crippen molar-refractivity contribution < 1.29 is 9.84 Å². The highest BCUT2D eigenvalue weighted by atomic mass is 16.5. The Morgan fingerprint density at radius 2 is 2.12 bits per heavy atom. The lowest BCUT2D eigenvalue weighted by atomic mass is 10.2. The average molecular weight is 233 g/mol. The summed E-state index contributed by atoms with van der Waals surface area (Å²) in [6.07, 6.45) is 0.503. The largest absolute Gasteiger partial charge is 0.390 e. The van der Waals surface area contributed by atoms with Crippen molar-refractivity contribution in [1.29, 1.82) is 0 Å². The minimum atomic E-state index is -0.686. The quantitative estimate of drug-likeness (QED) is 0.492. The van der Waals surface area contributed by atoms with E-state index in [1.165, 1.54) is 0 Å². The Kier molecular flexibility index (Phi) is 3.98. The van der Waals surface area contributed by atoms with Gasteiger partial charge in [0, 0.05) is 4.91 Å². The summed E-state index contributed by atoms with van der Waals surface area (Å²) in [5, 5.41) is 13.4. The lowest BCUT2D eigenvalue weighted by Crippen LogP contribution is -2.29. The highest BCUT2D eigenvalue weighted by Gasteiger charge is 2.34. The third-order valence-corrected chi connectivity index (χ3v) is 3.03. The Labute approximate surface area is 99.7 Å². The molecule has 3 atom stereocenters. The van der Waals surface area contributed by atoms with Gasteiger partial charge in [-0.3, -0.25) is 0 Å². The van der Waals surface area contributed by atoms with Crippen LogP contribution in [0.3, 0.4) is 0 Å². The number of aliphatic hydroxyl groups excluding tert-OH is 1. The van der Waals surface area contributed by atoms with Gasteiger partial charge in [0.05, 0.1) is 24.9 Å². The Bertz CT molecular complexity index is 403. The number of rotatable bonds is 4. The molecule has 1 aliphatic carbocycles. The van der Waals surface area contributed by atoms with E-state index in [1.54, 1.807) is 0 Å². The molecule has 2 rings (SSSR count). The number of nitrogens with zero attached hydrogens (tertiary/aromatic N) is 3. The van der Waals surface area contributed by atoms with E-state index in [1.807, 2.05) is 30.3 Å². The summed E-state index contributed by atoms with van der Waals surface area (Å²) in [5.74, 6) is 0. The molecule has 0 amide bonds. The number of hydrogen-bond acceptors (Lipinski definition) is 3. The van der Waals surface area contributed by atoms with Crippen molar-refractivity contribution in [2.75, 3.05) is 0 Å². The molecule has 5 nitrogen and oxygen atoms in total. The maximum atomic E-state index is 9.87. The number of benzene rings is 1. The first-order chi connectivity index (χ1) is 8.31. The third kappa shape index (κ3) is 2.97. The molecule has 0 radical (unpaired) electrons. The molecule has 1 aromatic rings. The minimum absolute atomic E-state index is 0.231. The maximum Gasteiger partial charge on any atom is 0.0886 e. The van der Waals surface area contributed by atoms with Gasteiger partial charge in [-0.25, -0.2) is 0 Å². The molecule has 0 heterocycles. The van der Waals surface area contributed by atoms with E-state index < -0.39 is 6.10 Å². The van der Waals surface area contributed by atoms with Crippen molar-refractivity contribution in [1.82, 2.24) is 0 Å². The molecule has 0 unspecified atom stereocenters. The summed E-state index contributed by atoms with van der Waals surface area (Å²) in [6, 6.07) is 9.46. The van der Waals surface area contributed by atoms with Gasteiger partial charge in [-0.1, -0.05) is 35.4 Å². The van der Waals surface area contributed by atoms with Crippen LogP contribution >= 0.6 is 0 Å². The van der Waals surface area contributed by atoms with E-state index in [9.17, 15) is 5.11 Å². The van der Waals surface area contributed by atoms with Crippen LogP contribution in [0.25, 0.3) is 10.4 Å². The van der Waals surface area contributed by atoms with Crippen LogP contribution < -0.4 is 0 Å². The van der Waals surface area contributed by atoms with Gasteiger partial charge in [0.15, 0.2) is 0 Å². The third-order valence-electron chi connectivity index (χ3n) is 3.03. The van der Waals surface area contributed by atoms with E-state index in [2.05, 4.69) is 10.0 Å². The normalized spacial score (nSPS) is 27.7. The number of ether oxygens (including phenoxy) is 1. The fourth-order valence-electron chi connectivity index (χ4n) is 2.08. The first kappa shape index (κ1) is 11.9. The lowest BCUT2D eigenvalue weighted by molar-refractivity contribution is -0.0312. The van der Waals surface area contributed by atoms with E-state index in [-0.39, 0.29) is 12.1 Å². The molecule has 0 aliphatic heterocycles. The Balaban J connectivity index is 1.87. The van der Waals surface area contributed by atoms with Crippen LogP contribution in [0.1, 0.15) is 18.4 Å². The summed E-state index contributed by atoms with van der Waals surface area (Å²) in [7, 11) is 0. The van der Waals surface area contributed by atoms with Crippen LogP contribution in [0, 0.1) is 0 Å². The molecular weight excluding hydrogens is 218 g/mol. The highest BCUT2D eigenvalue weighted by Crippen LogP contribution is 2.26. The molecule has 0 saturated heterocycles. The molecule has 1 saturated carbocycles. The molecule has 5 heteroatoms. The summed E-state index contributed by atoms with van der Waals surface area (Å²) in [5.41, 5.74) is 9.42. The zero-order valence-corrected chi connectivity index (χ0v) is 9.44. The fraction of sp³-hybridized carbons (Fsp3) is 0.500. The topological polar surface area (TPSA) is 78.2 Å². The predicted molar refractivity (Wildman–Crippen MR) is 63.2 cm³/mol. The average Bonchev–Trinajstić information content (AvgIpc) is 2.70. The van der Waals surface area contributed by atoms with Crippen molar-refractivity contribution in [3.8, 4) is 0 Å². The Morgan fingerprint density at radius 3 is 2.82 bits per heavy atom. The van der Waals surface area contributed by atoms with E-state index in [0.29, 0.717) is 13.0 Å². The molecule has 1 aromatic carbocycles. The monoisotopic (exact) mass is 233 g/mol.